The van der Waals surface area contributed by atoms with Gasteiger partial charge in [-0.15, -0.1) is 0 Å². The molecule has 2 heterocycles. The molecule has 3 fully saturated rings. The van der Waals surface area contributed by atoms with E-state index in [0.717, 1.165) is 37.5 Å². The number of carbonyl (C=O) groups excluding carboxylic acids is 2. The molecule has 0 N–H and O–H groups in total. The molecule has 1 aliphatic carbocycles. The summed E-state index contributed by atoms with van der Waals surface area (Å²) in [6.07, 6.45) is 4.56. The van der Waals surface area contributed by atoms with E-state index in [2.05, 4.69) is 0 Å². The van der Waals surface area contributed by atoms with E-state index < -0.39 is 0 Å². The fraction of sp³-hybridized carbons (Fsp3) is 0.500. The van der Waals surface area contributed by atoms with Gasteiger partial charge in [-0.3, -0.25) is 0 Å². The van der Waals surface area contributed by atoms with Crippen LogP contribution in [0.25, 0.3) is 0 Å². The van der Waals surface area contributed by atoms with Crippen LogP contribution in [0.15, 0.2) is 24.3 Å². The first-order valence-corrected chi connectivity index (χ1v) is 6.92. The Balaban J connectivity index is 1.83. The highest BCUT2D eigenvalue weighted by molar-refractivity contribution is 5.89. The number of aldehydes is 1. The summed E-state index contributed by atoms with van der Waals surface area (Å²) in [5.74, 6) is -0.331. The van der Waals surface area contributed by atoms with Gasteiger partial charge in [0.15, 0.2) is 0 Å². The highest BCUT2D eigenvalue weighted by Crippen LogP contribution is 2.52. The smallest absolute Gasteiger partial charge is 0.337 e. The van der Waals surface area contributed by atoms with Crippen LogP contribution in [0.2, 0.25) is 0 Å². The van der Waals surface area contributed by atoms with Crippen molar-refractivity contribution >= 4 is 12.3 Å². The van der Waals surface area contributed by atoms with Gasteiger partial charge in [-0.25, -0.2) is 4.79 Å². The Morgan fingerprint density at radius 2 is 1.85 bits per heavy atom. The normalized spacial score (nSPS) is 31.9. The third kappa shape index (κ3) is 1.95. The topological polar surface area (TPSA) is 52.6 Å². The van der Waals surface area contributed by atoms with E-state index in [9.17, 15) is 9.59 Å². The molecule has 0 radical (unpaired) electrons. The maximum atomic E-state index is 11.4. The quantitative estimate of drug-likeness (QED) is 0.627. The number of benzene rings is 1. The standard InChI is InChI=1S/C16H18O4/c1-19-14(18)12-2-4-13(5-3-12)16-8-6-15(10-17,7-9-16)11-20-16/h2-5,10H,6-9,11H2,1H3. The lowest BCUT2D eigenvalue weighted by molar-refractivity contribution is -0.186. The van der Waals surface area contributed by atoms with Crippen LogP contribution >= 0.6 is 0 Å². The first-order chi connectivity index (χ1) is 9.63. The molecule has 1 aromatic rings. The van der Waals surface area contributed by atoms with Gasteiger partial charge in [-0.2, -0.15) is 0 Å². The zero-order chi connectivity index (χ0) is 14.2. The monoisotopic (exact) mass is 274 g/mol. The fourth-order valence-corrected chi connectivity index (χ4v) is 3.27. The second-order valence-corrected chi connectivity index (χ2v) is 5.83. The minimum atomic E-state index is -0.331. The van der Waals surface area contributed by atoms with Gasteiger partial charge >= 0.3 is 5.97 Å². The van der Waals surface area contributed by atoms with Gasteiger partial charge < -0.3 is 14.3 Å². The molecule has 106 valence electrons. The molecule has 1 aromatic carbocycles. The molecule has 0 amide bonds. The van der Waals surface area contributed by atoms with Crippen LogP contribution in [0, 0.1) is 5.41 Å². The zero-order valence-corrected chi connectivity index (χ0v) is 11.6. The van der Waals surface area contributed by atoms with Crippen molar-refractivity contribution in [3.8, 4) is 0 Å². The van der Waals surface area contributed by atoms with Crippen molar-refractivity contribution in [3.63, 3.8) is 0 Å². The molecule has 4 heteroatoms. The highest BCUT2D eigenvalue weighted by atomic mass is 16.5. The summed E-state index contributed by atoms with van der Waals surface area (Å²) in [7, 11) is 1.37. The lowest BCUT2D eigenvalue weighted by atomic mass is 9.65. The van der Waals surface area contributed by atoms with Crippen LogP contribution in [0.3, 0.4) is 0 Å². The second-order valence-electron chi connectivity index (χ2n) is 5.83. The van der Waals surface area contributed by atoms with E-state index in [4.69, 9.17) is 9.47 Å². The molecule has 2 aliphatic heterocycles. The molecule has 20 heavy (non-hydrogen) atoms. The van der Waals surface area contributed by atoms with Crippen molar-refractivity contribution in [2.24, 2.45) is 5.41 Å². The molecule has 4 rings (SSSR count). The molecule has 0 atom stereocenters. The lowest BCUT2D eigenvalue weighted by Crippen LogP contribution is -2.49. The summed E-state index contributed by atoms with van der Waals surface area (Å²) in [5.41, 5.74) is 1.10. The van der Waals surface area contributed by atoms with Crippen molar-refractivity contribution < 1.29 is 19.1 Å². The first-order valence-electron chi connectivity index (χ1n) is 6.92. The summed E-state index contributed by atoms with van der Waals surface area (Å²) < 4.78 is 10.7. The fourth-order valence-electron chi connectivity index (χ4n) is 3.27. The third-order valence-corrected chi connectivity index (χ3v) is 4.77. The second kappa shape index (κ2) is 4.70. The lowest BCUT2D eigenvalue weighted by Gasteiger charge is -2.51. The number of ether oxygens (including phenoxy) is 2. The number of hydrogen-bond acceptors (Lipinski definition) is 4. The largest absolute Gasteiger partial charge is 0.465 e. The number of methoxy groups -OCH3 is 1. The van der Waals surface area contributed by atoms with E-state index in [1.54, 1.807) is 12.1 Å². The van der Waals surface area contributed by atoms with E-state index >= 15 is 0 Å². The first kappa shape index (κ1) is 13.3. The van der Waals surface area contributed by atoms with Crippen molar-refractivity contribution in [3.05, 3.63) is 35.4 Å². The van der Waals surface area contributed by atoms with Crippen LogP contribution in [0.4, 0.5) is 0 Å². The average Bonchev–Trinajstić information content (AvgIpc) is 2.56. The molecule has 2 bridgehead atoms. The van der Waals surface area contributed by atoms with Crippen LogP contribution in [-0.4, -0.2) is 26.0 Å². The minimum Gasteiger partial charge on any atom is -0.465 e. The predicted molar refractivity (Wildman–Crippen MR) is 72.4 cm³/mol. The average molecular weight is 274 g/mol. The molecular weight excluding hydrogens is 256 g/mol. The number of rotatable bonds is 3. The minimum absolute atomic E-state index is 0.256. The van der Waals surface area contributed by atoms with Crippen molar-refractivity contribution in [1.29, 1.82) is 0 Å². The van der Waals surface area contributed by atoms with Crippen LogP contribution < -0.4 is 0 Å². The van der Waals surface area contributed by atoms with E-state index in [1.807, 2.05) is 12.1 Å². The van der Waals surface area contributed by atoms with Crippen LogP contribution in [-0.2, 0) is 19.9 Å². The Bertz CT molecular complexity index is 507. The van der Waals surface area contributed by atoms with Crippen LogP contribution in [0.1, 0.15) is 41.6 Å². The molecule has 0 unspecified atom stereocenters. The number of fused-ring (bicyclic) bond motifs is 3. The summed E-state index contributed by atoms with van der Waals surface area (Å²) in [4.78, 5) is 22.6. The zero-order valence-electron chi connectivity index (χ0n) is 11.6. The number of hydrogen-bond donors (Lipinski definition) is 0. The summed E-state index contributed by atoms with van der Waals surface area (Å²) in [6.45, 7) is 0.509. The predicted octanol–water partition coefficient (Wildman–Crippen LogP) is 2.46. The van der Waals surface area contributed by atoms with Gasteiger partial charge in [0, 0.05) is 5.41 Å². The van der Waals surface area contributed by atoms with E-state index in [-0.39, 0.29) is 17.0 Å². The van der Waals surface area contributed by atoms with Crippen LogP contribution in [0.5, 0.6) is 0 Å². The van der Waals surface area contributed by atoms with Gasteiger partial charge in [-0.1, -0.05) is 12.1 Å². The van der Waals surface area contributed by atoms with Gasteiger partial charge in [0.1, 0.15) is 6.29 Å². The van der Waals surface area contributed by atoms with Crippen molar-refractivity contribution in [2.75, 3.05) is 13.7 Å². The summed E-state index contributed by atoms with van der Waals surface area (Å²) in [6, 6.07) is 7.42. The number of carbonyl (C=O) groups is 2. The van der Waals surface area contributed by atoms with Crippen molar-refractivity contribution in [1.82, 2.24) is 0 Å². The van der Waals surface area contributed by atoms with Gasteiger partial charge in [0.2, 0.25) is 0 Å². The SMILES string of the molecule is COC(=O)c1ccc(C23CCC(C=O)(CC2)CO3)cc1. The maximum Gasteiger partial charge on any atom is 0.337 e. The Labute approximate surface area is 118 Å². The Hall–Kier alpha value is -1.68. The Morgan fingerprint density at radius 1 is 1.20 bits per heavy atom. The van der Waals surface area contributed by atoms with Crippen molar-refractivity contribution in [2.45, 2.75) is 31.3 Å². The molecule has 4 nitrogen and oxygen atoms in total. The highest BCUT2D eigenvalue weighted by Gasteiger charge is 2.50. The molecular formula is C16H18O4. The molecule has 1 saturated carbocycles. The third-order valence-electron chi connectivity index (χ3n) is 4.77. The molecule has 0 spiro atoms. The summed E-state index contributed by atoms with van der Waals surface area (Å²) in [5, 5.41) is 0. The van der Waals surface area contributed by atoms with Gasteiger partial charge in [0.05, 0.1) is 24.9 Å². The van der Waals surface area contributed by atoms with E-state index in [1.165, 1.54) is 7.11 Å². The maximum absolute atomic E-state index is 11.4. The van der Waals surface area contributed by atoms with Gasteiger partial charge in [0.25, 0.3) is 0 Å². The van der Waals surface area contributed by atoms with Gasteiger partial charge in [-0.05, 0) is 43.4 Å². The molecule has 0 aromatic heterocycles. The molecule has 3 aliphatic rings. The number of esters is 1. The van der Waals surface area contributed by atoms with E-state index in [0.29, 0.717) is 12.2 Å². The molecule has 2 saturated heterocycles. The summed E-state index contributed by atoms with van der Waals surface area (Å²) >= 11 is 0. The Kier molecular flexibility index (Phi) is 3.13. The Morgan fingerprint density at radius 3 is 2.30 bits per heavy atom.